The Morgan fingerprint density at radius 1 is 1.11 bits per heavy atom. The van der Waals surface area contributed by atoms with Crippen LogP contribution in [0.5, 0.6) is 0 Å². The SMILES string of the molecule is COC(=O)Cc1cccc(-c2cccc(C=O)c2)c1. The number of esters is 1. The van der Waals surface area contributed by atoms with Crippen molar-refractivity contribution in [3.05, 3.63) is 59.7 Å². The van der Waals surface area contributed by atoms with E-state index in [2.05, 4.69) is 4.74 Å². The molecule has 0 saturated carbocycles. The highest BCUT2D eigenvalue weighted by Gasteiger charge is 2.05. The number of benzene rings is 2. The minimum absolute atomic E-state index is 0.248. The Bertz CT molecular complexity index is 602. The molecule has 2 aromatic rings. The lowest BCUT2D eigenvalue weighted by molar-refractivity contribution is -0.139. The number of aldehydes is 1. The van der Waals surface area contributed by atoms with Crippen molar-refractivity contribution in [1.29, 1.82) is 0 Å². The zero-order chi connectivity index (χ0) is 13.7. The molecule has 0 aromatic heterocycles. The normalized spacial score (nSPS) is 9.95. The molecule has 0 atom stereocenters. The highest BCUT2D eigenvalue weighted by molar-refractivity contribution is 5.79. The van der Waals surface area contributed by atoms with Gasteiger partial charge in [0, 0.05) is 5.56 Å². The molecule has 0 amide bonds. The summed E-state index contributed by atoms with van der Waals surface area (Å²) in [7, 11) is 1.37. The quantitative estimate of drug-likeness (QED) is 0.622. The predicted molar refractivity (Wildman–Crippen MR) is 73.0 cm³/mol. The van der Waals surface area contributed by atoms with E-state index in [0.717, 1.165) is 23.0 Å². The number of rotatable bonds is 4. The fraction of sp³-hybridized carbons (Fsp3) is 0.125. The van der Waals surface area contributed by atoms with Gasteiger partial charge in [0.2, 0.25) is 0 Å². The van der Waals surface area contributed by atoms with Crippen molar-refractivity contribution < 1.29 is 14.3 Å². The second-order valence-electron chi connectivity index (χ2n) is 4.20. The van der Waals surface area contributed by atoms with Crippen LogP contribution in [0.4, 0.5) is 0 Å². The van der Waals surface area contributed by atoms with Gasteiger partial charge < -0.3 is 4.74 Å². The van der Waals surface area contributed by atoms with Gasteiger partial charge in [0.1, 0.15) is 6.29 Å². The first-order chi connectivity index (χ1) is 9.22. The molecule has 0 N–H and O–H groups in total. The minimum Gasteiger partial charge on any atom is -0.469 e. The molecule has 0 spiro atoms. The number of methoxy groups -OCH3 is 1. The van der Waals surface area contributed by atoms with Gasteiger partial charge in [-0.05, 0) is 22.8 Å². The van der Waals surface area contributed by atoms with Crippen molar-refractivity contribution >= 4 is 12.3 Å². The van der Waals surface area contributed by atoms with Gasteiger partial charge in [0.25, 0.3) is 0 Å². The number of carbonyl (C=O) groups excluding carboxylic acids is 2. The summed E-state index contributed by atoms with van der Waals surface area (Å²) in [6.07, 6.45) is 1.07. The predicted octanol–water partition coefficient (Wildman–Crippen LogP) is 2.88. The van der Waals surface area contributed by atoms with Gasteiger partial charge in [-0.15, -0.1) is 0 Å². The molecule has 0 unspecified atom stereocenters. The van der Waals surface area contributed by atoms with Crippen LogP contribution < -0.4 is 0 Å². The molecular formula is C16H14O3. The smallest absolute Gasteiger partial charge is 0.309 e. The van der Waals surface area contributed by atoms with E-state index in [0.29, 0.717) is 5.56 Å². The van der Waals surface area contributed by atoms with Crippen LogP contribution in [-0.2, 0) is 16.0 Å². The minimum atomic E-state index is -0.265. The molecule has 96 valence electrons. The maximum absolute atomic E-state index is 11.3. The van der Waals surface area contributed by atoms with Crippen LogP contribution in [0.15, 0.2) is 48.5 Å². The number of hydrogen-bond donors (Lipinski definition) is 0. The highest BCUT2D eigenvalue weighted by atomic mass is 16.5. The molecule has 0 saturated heterocycles. The molecule has 0 radical (unpaired) electrons. The lowest BCUT2D eigenvalue weighted by atomic mass is 10.0. The third kappa shape index (κ3) is 3.28. The molecule has 0 aliphatic carbocycles. The Kier molecular flexibility index (Phi) is 4.08. The van der Waals surface area contributed by atoms with Gasteiger partial charge >= 0.3 is 5.97 Å². The molecule has 2 aromatic carbocycles. The van der Waals surface area contributed by atoms with Crippen molar-refractivity contribution in [1.82, 2.24) is 0 Å². The van der Waals surface area contributed by atoms with E-state index in [1.807, 2.05) is 42.5 Å². The second-order valence-corrected chi connectivity index (χ2v) is 4.20. The van der Waals surface area contributed by atoms with Crippen LogP contribution in [-0.4, -0.2) is 19.4 Å². The molecule has 0 fully saturated rings. The van der Waals surface area contributed by atoms with E-state index >= 15 is 0 Å². The summed E-state index contributed by atoms with van der Waals surface area (Å²) in [5.41, 5.74) is 3.46. The summed E-state index contributed by atoms with van der Waals surface area (Å²) in [5, 5.41) is 0. The maximum Gasteiger partial charge on any atom is 0.309 e. The zero-order valence-electron chi connectivity index (χ0n) is 10.6. The summed E-state index contributed by atoms with van der Waals surface area (Å²) < 4.78 is 4.65. The molecule has 3 heteroatoms. The van der Waals surface area contributed by atoms with Crippen molar-refractivity contribution in [3.8, 4) is 11.1 Å². The number of ether oxygens (including phenoxy) is 1. The summed E-state index contributed by atoms with van der Waals surface area (Å²) >= 11 is 0. The van der Waals surface area contributed by atoms with E-state index in [9.17, 15) is 9.59 Å². The van der Waals surface area contributed by atoms with Gasteiger partial charge in [-0.1, -0.05) is 42.5 Å². The highest BCUT2D eigenvalue weighted by Crippen LogP contribution is 2.21. The van der Waals surface area contributed by atoms with E-state index in [-0.39, 0.29) is 12.4 Å². The maximum atomic E-state index is 11.3. The van der Waals surface area contributed by atoms with Crippen molar-refractivity contribution in [2.24, 2.45) is 0 Å². The molecule has 0 heterocycles. The first-order valence-corrected chi connectivity index (χ1v) is 5.94. The van der Waals surface area contributed by atoms with Crippen LogP contribution >= 0.6 is 0 Å². The Balaban J connectivity index is 2.31. The molecule has 0 aliphatic heterocycles. The fourth-order valence-corrected chi connectivity index (χ4v) is 1.89. The Morgan fingerprint density at radius 3 is 2.47 bits per heavy atom. The van der Waals surface area contributed by atoms with E-state index in [4.69, 9.17) is 0 Å². The second kappa shape index (κ2) is 5.96. The third-order valence-corrected chi connectivity index (χ3v) is 2.86. The fourth-order valence-electron chi connectivity index (χ4n) is 1.89. The van der Waals surface area contributed by atoms with Crippen LogP contribution in [0.25, 0.3) is 11.1 Å². The summed E-state index contributed by atoms with van der Waals surface area (Å²) in [6, 6.07) is 15.0. The Labute approximate surface area is 111 Å². The largest absolute Gasteiger partial charge is 0.469 e. The molecule has 3 nitrogen and oxygen atoms in total. The van der Waals surface area contributed by atoms with Gasteiger partial charge in [0.15, 0.2) is 0 Å². The molecule has 0 aliphatic rings. The Hall–Kier alpha value is -2.42. The summed E-state index contributed by atoms with van der Waals surface area (Å²) in [5.74, 6) is -0.265. The Morgan fingerprint density at radius 2 is 1.79 bits per heavy atom. The number of hydrogen-bond acceptors (Lipinski definition) is 3. The van der Waals surface area contributed by atoms with Gasteiger partial charge in [-0.25, -0.2) is 0 Å². The first kappa shape index (κ1) is 13.0. The van der Waals surface area contributed by atoms with Crippen LogP contribution in [0.2, 0.25) is 0 Å². The summed E-state index contributed by atoms with van der Waals surface area (Å²) in [4.78, 5) is 22.0. The van der Waals surface area contributed by atoms with Gasteiger partial charge in [-0.3, -0.25) is 9.59 Å². The number of carbonyl (C=O) groups is 2. The lowest BCUT2D eigenvalue weighted by Gasteiger charge is -2.05. The average Bonchev–Trinajstić information content (AvgIpc) is 2.47. The van der Waals surface area contributed by atoms with Crippen molar-refractivity contribution in [2.75, 3.05) is 7.11 Å². The molecule has 0 bridgehead atoms. The average molecular weight is 254 g/mol. The van der Waals surface area contributed by atoms with Crippen LogP contribution in [0, 0.1) is 0 Å². The van der Waals surface area contributed by atoms with Gasteiger partial charge in [-0.2, -0.15) is 0 Å². The van der Waals surface area contributed by atoms with Crippen molar-refractivity contribution in [3.63, 3.8) is 0 Å². The van der Waals surface area contributed by atoms with Crippen LogP contribution in [0.1, 0.15) is 15.9 Å². The van der Waals surface area contributed by atoms with Gasteiger partial charge in [0.05, 0.1) is 13.5 Å². The van der Waals surface area contributed by atoms with E-state index < -0.39 is 0 Å². The third-order valence-electron chi connectivity index (χ3n) is 2.86. The molecule has 19 heavy (non-hydrogen) atoms. The molecular weight excluding hydrogens is 240 g/mol. The topological polar surface area (TPSA) is 43.4 Å². The lowest BCUT2D eigenvalue weighted by Crippen LogP contribution is -2.04. The zero-order valence-corrected chi connectivity index (χ0v) is 10.6. The van der Waals surface area contributed by atoms with Crippen molar-refractivity contribution in [2.45, 2.75) is 6.42 Å². The molecule has 2 rings (SSSR count). The van der Waals surface area contributed by atoms with E-state index in [1.54, 1.807) is 6.07 Å². The monoisotopic (exact) mass is 254 g/mol. The standard InChI is InChI=1S/C16H14O3/c1-19-16(18)10-12-4-2-6-14(8-12)15-7-3-5-13(9-15)11-17/h2-9,11H,10H2,1H3. The summed E-state index contributed by atoms with van der Waals surface area (Å²) in [6.45, 7) is 0. The first-order valence-electron chi connectivity index (χ1n) is 5.94. The van der Waals surface area contributed by atoms with E-state index in [1.165, 1.54) is 7.11 Å². The van der Waals surface area contributed by atoms with Crippen LogP contribution in [0.3, 0.4) is 0 Å².